The van der Waals surface area contributed by atoms with Crippen LogP contribution in [0.2, 0.25) is 0 Å². The molecule has 0 N–H and O–H groups in total. The summed E-state index contributed by atoms with van der Waals surface area (Å²) < 4.78 is 0. The first-order valence-electron chi connectivity index (χ1n) is 9.51. The fraction of sp³-hybridized carbons (Fsp3) is 0.500. The molecule has 2 aromatic carbocycles. The molecule has 0 unspecified atom stereocenters. The lowest BCUT2D eigenvalue weighted by molar-refractivity contribution is 0.588. The van der Waals surface area contributed by atoms with E-state index in [9.17, 15) is 0 Å². The molecule has 2 aromatic rings. The van der Waals surface area contributed by atoms with Gasteiger partial charge in [-0.2, -0.15) is 0 Å². The Bertz CT molecular complexity index is 663. The third-order valence-corrected chi connectivity index (χ3v) is 6.07. The number of aryl methyl sites for hydroxylation is 2. The molecule has 0 radical (unpaired) electrons. The molecule has 0 aliphatic carbocycles. The van der Waals surface area contributed by atoms with Crippen molar-refractivity contribution in [3.05, 3.63) is 58.7 Å². The van der Waals surface area contributed by atoms with Crippen LogP contribution in [0.15, 0.2) is 46.2 Å². The highest BCUT2D eigenvalue weighted by molar-refractivity contribution is 7.99. The second kappa shape index (κ2) is 7.58. The molecule has 0 aliphatic heterocycles. The van der Waals surface area contributed by atoms with Gasteiger partial charge in [-0.3, -0.25) is 0 Å². The zero-order chi connectivity index (χ0) is 18.8. The first-order chi connectivity index (χ1) is 11.6. The van der Waals surface area contributed by atoms with Crippen molar-refractivity contribution in [3.8, 4) is 0 Å². The van der Waals surface area contributed by atoms with Gasteiger partial charge in [0.05, 0.1) is 0 Å². The average Bonchev–Trinajstić information content (AvgIpc) is 2.53. The number of rotatable bonds is 4. The van der Waals surface area contributed by atoms with Crippen LogP contribution >= 0.6 is 11.8 Å². The molecule has 1 heteroatoms. The van der Waals surface area contributed by atoms with Crippen LogP contribution in [-0.4, -0.2) is 0 Å². The Balaban J connectivity index is 2.39. The minimum absolute atomic E-state index is 0.204. The molecule has 0 nitrogen and oxygen atoms in total. The summed E-state index contributed by atoms with van der Waals surface area (Å²) in [6, 6.07) is 14.0. The molecule has 0 amide bonds. The molecule has 0 atom stereocenters. The molecule has 0 fully saturated rings. The van der Waals surface area contributed by atoms with Gasteiger partial charge in [-0.15, -0.1) is 0 Å². The van der Waals surface area contributed by atoms with Gasteiger partial charge in [0.25, 0.3) is 0 Å². The average molecular weight is 355 g/mol. The fourth-order valence-electron chi connectivity index (χ4n) is 2.96. The first-order valence-corrected chi connectivity index (χ1v) is 10.3. The Morgan fingerprint density at radius 3 is 1.28 bits per heavy atom. The largest absolute Gasteiger partial charge is 0.0895 e. The number of hydrogen-bond donors (Lipinski definition) is 0. The second-order valence-corrected chi connectivity index (χ2v) is 10.0. The molecule has 0 spiro atoms. The molecular formula is C24H34S. The predicted octanol–water partition coefficient (Wildman–Crippen LogP) is 7.56. The van der Waals surface area contributed by atoms with Crippen LogP contribution in [0.5, 0.6) is 0 Å². The quantitative estimate of drug-likeness (QED) is 0.546. The van der Waals surface area contributed by atoms with Crippen LogP contribution in [0.1, 0.15) is 77.6 Å². The smallest absolute Gasteiger partial charge is 0.0154 e. The topological polar surface area (TPSA) is 0 Å². The van der Waals surface area contributed by atoms with Crippen molar-refractivity contribution in [2.75, 3.05) is 0 Å². The molecule has 0 saturated heterocycles. The van der Waals surface area contributed by atoms with Gasteiger partial charge in [0, 0.05) is 9.79 Å². The lowest BCUT2D eigenvalue weighted by atomic mass is 9.86. The van der Waals surface area contributed by atoms with Gasteiger partial charge >= 0.3 is 0 Å². The summed E-state index contributed by atoms with van der Waals surface area (Å²) in [5.41, 5.74) is 6.17. The minimum Gasteiger partial charge on any atom is -0.0895 e. The van der Waals surface area contributed by atoms with Crippen molar-refractivity contribution in [2.24, 2.45) is 0 Å². The Labute approximate surface area is 159 Å². The predicted molar refractivity (Wildman–Crippen MR) is 113 cm³/mol. The van der Waals surface area contributed by atoms with Gasteiger partial charge in [0.2, 0.25) is 0 Å². The summed E-state index contributed by atoms with van der Waals surface area (Å²) in [6.45, 7) is 18.2. The van der Waals surface area contributed by atoms with Gasteiger partial charge in [-0.05, 0) is 58.1 Å². The number of hydrogen-bond acceptors (Lipinski definition) is 1. The number of benzene rings is 2. The van der Waals surface area contributed by atoms with E-state index in [4.69, 9.17) is 0 Å². The highest BCUT2D eigenvalue weighted by Crippen LogP contribution is 2.37. The summed E-state index contributed by atoms with van der Waals surface area (Å²) in [6.07, 6.45) is 2.15. The van der Waals surface area contributed by atoms with E-state index in [1.54, 1.807) is 0 Å². The van der Waals surface area contributed by atoms with Gasteiger partial charge in [-0.25, -0.2) is 0 Å². The van der Waals surface area contributed by atoms with Gasteiger partial charge in [0.15, 0.2) is 0 Å². The van der Waals surface area contributed by atoms with Crippen LogP contribution in [0.25, 0.3) is 0 Å². The molecule has 0 bridgehead atoms. The molecule has 25 heavy (non-hydrogen) atoms. The summed E-state index contributed by atoms with van der Waals surface area (Å²) in [4.78, 5) is 2.79. The molecule has 136 valence electrons. The Morgan fingerprint density at radius 2 is 1.00 bits per heavy atom. The lowest BCUT2D eigenvalue weighted by Gasteiger charge is -2.22. The first kappa shape index (κ1) is 20.1. The van der Waals surface area contributed by atoms with Crippen LogP contribution in [0.4, 0.5) is 0 Å². The maximum Gasteiger partial charge on any atom is 0.0154 e. The summed E-state index contributed by atoms with van der Waals surface area (Å²) in [5.74, 6) is 0. The fourth-order valence-corrected chi connectivity index (χ4v) is 4.14. The van der Waals surface area contributed by atoms with E-state index in [0.717, 1.165) is 12.8 Å². The molecule has 0 aliphatic rings. The van der Waals surface area contributed by atoms with Crippen molar-refractivity contribution in [3.63, 3.8) is 0 Å². The van der Waals surface area contributed by atoms with Crippen molar-refractivity contribution >= 4 is 11.8 Å². The summed E-state index contributed by atoms with van der Waals surface area (Å²) in [7, 11) is 0. The highest BCUT2D eigenvalue weighted by atomic mass is 32.2. The van der Waals surface area contributed by atoms with Crippen LogP contribution in [0, 0.1) is 0 Å². The monoisotopic (exact) mass is 354 g/mol. The van der Waals surface area contributed by atoms with Crippen molar-refractivity contribution < 1.29 is 0 Å². The van der Waals surface area contributed by atoms with E-state index in [1.807, 2.05) is 11.8 Å². The molecule has 0 saturated carbocycles. The third-order valence-electron chi connectivity index (χ3n) is 4.83. The van der Waals surface area contributed by atoms with Crippen LogP contribution in [0.3, 0.4) is 0 Å². The zero-order valence-corrected chi connectivity index (χ0v) is 18.1. The molecule has 2 rings (SSSR count). The van der Waals surface area contributed by atoms with Crippen molar-refractivity contribution in [1.29, 1.82) is 0 Å². The van der Waals surface area contributed by atoms with E-state index in [0.29, 0.717) is 0 Å². The van der Waals surface area contributed by atoms with E-state index < -0.39 is 0 Å². The Hall–Kier alpha value is -1.21. The Morgan fingerprint density at radius 1 is 0.640 bits per heavy atom. The SMILES string of the molecule is CCc1cc(C(C)(C)C)ccc1Sc1ccc(C(C)(C)C)cc1CC. The van der Waals surface area contributed by atoms with E-state index in [1.165, 1.54) is 32.0 Å². The summed E-state index contributed by atoms with van der Waals surface area (Å²) >= 11 is 1.93. The van der Waals surface area contributed by atoms with Gasteiger partial charge in [0.1, 0.15) is 0 Å². The van der Waals surface area contributed by atoms with Crippen LogP contribution < -0.4 is 0 Å². The normalized spacial score (nSPS) is 12.5. The van der Waals surface area contributed by atoms with Crippen LogP contribution in [-0.2, 0) is 23.7 Å². The lowest BCUT2D eigenvalue weighted by Crippen LogP contribution is -2.12. The van der Waals surface area contributed by atoms with Gasteiger partial charge < -0.3 is 0 Å². The van der Waals surface area contributed by atoms with E-state index >= 15 is 0 Å². The summed E-state index contributed by atoms with van der Waals surface area (Å²) in [5, 5.41) is 0. The van der Waals surface area contributed by atoms with Crippen molar-refractivity contribution in [2.45, 2.75) is 88.9 Å². The van der Waals surface area contributed by atoms with Gasteiger partial charge in [-0.1, -0.05) is 91.4 Å². The maximum atomic E-state index is 2.40. The Kier molecular flexibility index (Phi) is 6.09. The molecule has 0 aromatic heterocycles. The molecular weight excluding hydrogens is 320 g/mol. The second-order valence-electron chi connectivity index (χ2n) is 8.95. The molecule has 0 heterocycles. The van der Waals surface area contributed by atoms with E-state index in [-0.39, 0.29) is 10.8 Å². The maximum absolute atomic E-state index is 2.40. The third kappa shape index (κ3) is 4.91. The zero-order valence-electron chi connectivity index (χ0n) is 17.3. The standard InChI is InChI=1S/C24H34S/c1-9-17-15-19(23(3,4)5)11-13-21(17)25-22-14-12-20(24(6,7)8)16-18(22)10-2/h11-16H,9-10H2,1-8H3. The minimum atomic E-state index is 0.204. The van der Waals surface area contributed by atoms with Crippen molar-refractivity contribution in [1.82, 2.24) is 0 Å². The van der Waals surface area contributed by atoms with E-state index in [2.05, 4.69) is 91.8 Å². The highest BCUT2D eigenvalue weighted by Gasteiger charge is 2.18.